The van der Waals surface area contributed by atoms with Crippen molar-refractivity contribution in [2.24, 2.45) is 0 Å². The number of ether oxygens (including phenoxy) is 2. The van der Waals surface area contributed by atoms with Crippen LogP contribution in [0.2, 0.25) is 0 Å². The highest BCUT2D eigenvalue weighted by Crippen LogP contribution is 2.44. The molecular weight excluding hydrogens is 492 g/mol. The number of rotatable bonds is 9. The molecule has 37 heavy (non-hydrogen) atoms. The maximum absolute atomic E-state index is 13.4. The minimum atomic E-state index is -0.970. The highest BCUT2D eigenvalue weighted by atomic mass is 32.1. The van der Waals surface area contributed by atoms with Gasteiger partial charge in [-0.1, -0.05) is 36.8 Å². The van der Waals surface area contributed by atoms with Crippen LogP contribution >= 0.6 is 11.3 Å². The summed E-state index contributed by atoms with van der Waals surface area (Å²) in [6.45, 7) is 5.70. The van der Waals surface area contributed by atoms with Crippen LogP contribution in [-0.2, 0) is 9.59 Å². The van der Waals surface area contributed by atoms with Gasteiger partial charge in [0, 0.05) is 12.5 Å². The van der Waals surface area contributed by atoms with Crippen molar-refractivity contribution >= 4 is 39.7 Å². The van der Waals surface area contributed by atoms with Crippen molar-refractivity contribution in [1.82, 2.24) is 4.98 Å². The highest BCUT2D eigenvalue weighted by Gasteiger charge is 2.48. The van der Waals surface area contributed by atoms with E-state index in [0.29, 0.717) is 39.8 Å². The van der Waals surface area contributed by atoms with Gasteiger partial charge in [0.25, 0.3) is 5.78 Å². The summed E-state index contributed by atoms with van der Waals surface area (Å²) in [5.41, 5.74) is 1.33. The lowest BCUT2D eigenvalue weighted by Crippen LogP contribution is -2.29. The first-order chi connectivity index (χ1) is 17.8. The third-order valence-electron chi connectivity index (χ3n) is 6.06. The number of aliphatic hydroxyl groups excluding tert-OH is 1. The van der Waals surface area contributed by atoms with Crippen LogP contribution in [0, 0.1) is 6.92 Å². The van der Waals surface area contributed by atoms with Gasteiger partial charge in [-0.25, -0.2) is 4.98 Å². The molecule has 2 aromatic carbocycles. The first-order valence-electron chi connectivity index (χ1n) is 11.9. The number of aryl methyl sites for hydroxylation is 1. The Kier molecular flexibility index (Phi) is 7.73. The number of Topliss-reactive ketones (excluding diaryl/α,β-unsaturated/α-hetero) is 2. The largest absolute Gasteiger partial charge is 0.507 e. The number of anilines is 1. The quantitative estimate of drug-likeness (QED) is 0.131. The van der Waals surface area contributed by atoms with Gasteiger partial charge in [0.05, 0.1) is 35.9 Å². The topological polar surface area (TPSA) is 106 Å². The fraction of sp³-hybridized carbons (Fsp3) is 0.286. The zero-order chi connectivity index (χ0) is 26.7. The van der Waals surface area contributed by atoms with E-state index in [2.05, 4.69) is 11.9 Å². The smallest absolute Gasteiger partial charge is 0.301 e. The highest BCUT2D eigenvalue weighted by molar-refractivity contribution is 7.18. The molecule has 1 amide bonds. The maximum Gasteiger partial charge on any atom is 0.301 e. The number of methoxy groups -OCH3 is 1. The number of nitrogens with zero attached hydrogens (tertiary/aromatic N) is 2. The number of aromatic nitrogens is 1. The molecule has 1 saturated heterocycles. The van der Waals surface area contributed by atoms with Gasteiger partial charge in [-0.15, -0.1) is 0 Å². The van der Waals surface area contributed by atoms with Crippen LogP contribution in [0.25, 0.3) is 5.76 Å². The summed E-state index contributed by atoms with van der Waals surface area (Å²) < 4.78 is 11.1. The van der Waals surface area contributed by atoms with Crippen molar-refractivity contribution in [2.45, 2.75) is 39.7 Å². The Morgan fingerprint density at radius 1 is 1.14 bits per heavy atom. The zero-order valence-electron chi connectivity index (χ0n) is 21.1. The second-order valence-electron chi connectivity index (χ2n) is 8.64. The van der Waals surface area contributed by atoms with Gasteiger partial charge in [0.2, 0.25) is 0 Å². The summed E-state index contributed by atoms with van der Waals surface area (Å²) in [5.74, 6) is -1.000. The lowest BCUT2D eigenvalue weighted by molar-refractivity contribution is -0.132. The molecule has 1 unspecified atom stereocenters. The van der Waals surface area contributed by atoms with E-state index >= 15 is 0 Å². The maximum atomic E-state index is 13.4. The number of aliphatic hydroxyl groups is 1. The molecule has 1 aliphatic heterocycles. The molecule has 192 valence electrons. The number of carbonyl (C=O) groups excluding carboxylic acids is 3. The number of thiazole rings is 1. The molecule has 0 saturated carbocycles. The SMILES string of the molecule is CCCCOc1cccc(C2/C(=C(\O)c3ccc(OC)cc3)C(=O)C(=O)N2c2nc(C)c(C(C)=O)s2)c1. The first kappa shape index (κ1) is 26.1. The number of amides is 1. The Hall–Kier alpha value is -3.98. The molecule has 0 spiro atoms. The summed E-state index contributed by atoms with van der Waals surface area (Å²) in [6, 6.07) is 12.7. The van der Waals surface area contributed by atoms with Crippen LogP contribution in [0.1, 0.15) is 59.2 Å². The molecule has 8 nitrogen and oxygen atoms in total. The van der Waals surface area contributed by atoms with Crippen LogP contribution in [0.5, 0.6) is 11.5 Å². The van der Waals surface area contributed by atoms with Crippen molar-refractivity contribution in [3.63, 3.8) is 0 Å². The summed E-state index contributed by atoms with van der Waals surface area (Å²) in [7, 11) is 1.53. The van der Waals surface area contributed by atoms with E-state index in [4.69, 9.17) is 9.47 Å². The van der Waals surface area contributed by atoms with E-state index < -0.39 is 17.7 Å². The van der Waals surface area contributed by atoms with Crippen LogP contribution in [0.4, 0.5) is 5.13 Å². The zero-order valence-corrected chi connectivity index (χ0v) is 21.9. The third kappa shape index (κ3) is 5.13. The molecule has 0 radical (unpaired) electrons. The number of benzene rings is 2. The fourth-order valence-corrected chi connectivity index (χ4v) is 5.16. The number of carbonyl (C=O) groups is 3. The van der Waals surface area contributed by atoms with Crippen molar-refractivity contribution in [3.8, 4) is 11.5 Å². The monoisotopic (exact) mass is 520 g/mol. The van der Waals surface area contributed by atoms with Gasteiger partial charge in [0.1, 0.15) is 17.3 Å². The Labute approximate surface area is 219 Å². The van der Waals surface area contributed by atoms with Crippen molar-refractivity contribution < 1.29 is 29.0 Å². The number of hydrogen-bond acceptors (Lipinski definition) is 8. The first-order valence-corrected chi connectivity index (χ1v) is 12.7. The van der Waals surface area contributed by atoms with Crippen LogP contribution in [0.15, 0.2) is 54.1 Å². The molecule has 3 aromatic rings. The summed E-state index contributed by atoms with van der Waals surface area (Å²) >= 11 is 1.04. The predicted molar refractivity (Wildman–Crippen MR) is 141 cm³/mol. The van der Waals surface area contributed by atoms with Crippen molar-refractivity contribution in [2.75, 3.05) is 18.6 Å². The molecule has 1 aromatic heterocycles. The van der Waals surface area contributed by atoms with E-state index in [1.165, 1.54) is 18.9 Å². The van der Waals surface area contributed by atoms with Gasteiger partial charge in [-0.2, -0.15) is 0 Å². The minimum Gasteiger partial charge on any atom is -0.507 e. The lowest BCUT2D eigenvalue weighted by Gasteiger charge is -2.23. The molecule has 1 N–H and O–H groups in total. The van der Waals surface area contributed by atoms with Crippen LogP contribution in [0.3, 0.4) is 0 Å². The summed E-state index contributed by atoms with van der Waals surface area (Å²) in [5, 5.41) is 11.5. The molecule has 1 fully saturated rings. The molecule has 1 atom stereocenters. The molecular formula is C28H28N2O6S. The minimum absolute atomic E-state index is 0.0712. The second kappa shape index (κ2) is 11.0. The van der Waals surface area contributed by atoms with Gasteiger partial charge in [-0.05, 0) is 55.3 Å². The van der Waals surface area contributed by atoms with E-state index in [0.717, 1.165) is 24.2 Å². The fourth-order valence-electron chi connectivity index (χ4n) is 4.17. The average molecular weight is 521 g/mol. The predicted octanol–water partition coefficient (Wildman–Crippen LogP) is 5.47. The Morgan fingerprint density at radius 2 is 1.86 bits per heavy atom. The van der Waals surface area contributed by atoms with E-state index in [1.54, 1.807) is 55.5 Å². The molecule has 0 bridgehead atoms. The van der Waals surface area contributed by atoms with Crippen molar-refractivity contribution in [1.29, 1.82) is 0 Å². The van der Waals surface area contributed by atoms with Gasteiger partial charge < -0.3 is 14.6 Å². The van der Waals surface area contributed by atoms with Gasteiger partial charge >= 0.3 is 5.91 Å². The Balaban J connectivity index is 1.88. The normalized spacial score (nSPS) is 16.8. The van der Waals surface area contributed by atoms with E-state index in [1.807, 2.05) is 0 Å². The number of unbranched alkanes of at least 4 members (excludes halogenated alkanes) is 1. The van der Waals surface area contributed by atoms with Crippen molar-refractivity contribution in [3.05, 3.63) is 75.8 Å². The number of hydrogen-bond donors (Lipinski definition) is 1. The summed E-state index contributed by atoms with van der Waals surface area (Å²) in [6.07, 6.45) is 1.86. The van der Waals surface area contributed by atoms with E-state index in [-0.39, 0.29) is 22.2 Å². The molecule has 1 aliphatic rings. The van der Waals surface area contributed by atoms with Gasteiger partial charge in [-0.3, -0.25) is 19.3 Å². The molecule has 0 aliphatic carbocycles. The summed E-state index contributed by atoms with van der Waals surface area (Å²) in [4.78, 5) is 45.0. The number of ketones is 2. The Bertz CT molecular complexity index is 1380. The van der Waals surface area contributed by atoms with Crippen LogP contribution in [-0.4, -0.2) is 41.3 Å². The molecule has 4 rings (SSSR count). The van der Waals surface area contributed by atoms with Crippen LogP contribution < -0.4 is 14.4 Å². The second-order valence-corrected chi connectivity index (χ2v) is 9.62. The lowest BCUT2D eigenvalue weighted by atomic mass is 9.95. The third-order valence-corrected chi connectivity index (χ3v) is 7.32. The molecule has 2 heterocycles. The van der Waals surface area contributed by atoms with Gasteiger partial charge in [0.15, 0.2) is 10.9 Å². The van der Waals surface area contributed by atoms with E-state index in [9.17, 15) is 19.5 Å². The Morgan fingerprint density at radius 3 is 2.49 bits per heavy atom. The standard InChI is InChI=1S/C28H28N2O6S/c1-5-6-14-36-21-9-7-8-19(15-21)23-22(24(32)18-10-12-20(35-4)13-11-18)25(33)27(34)30(23)28-29-16(2)26(37-28)17(3)31/h7-13,15,23,32H,5-6,14H2,1-4H3/b24-22+. The molecule has 9 heteroatoms. The average Bonchev–Trinajstić information content (AvgIpc) is 3.41.